The van der Waals surface area contributed by atoms with Gasteiger partial charge in [-0.25, -0.2) is 4.79 Å². The van der Waals surface area contributed by atoms with Gasteiger partial charge in [0.15, 0.2) is 0 Å². The highest BCUT2D eigenvalue weighted by atomic mass is 79.9. The summed E-state index contributed by atoms with van der Waals surface area (Å²) in [6.45, 7) is 5.01. The summed E-state index contributed by atoms with van der Waals surface area (Å²) in [7, 11) is 1.67. The van der Waals surface area contributed by atoms with E-state index in [9.17, 15) is 4.79 Å². The molecule has 1 saturated heterocycles. The van der Waals surface area contributed by atoms with E-state index in [1.807, 2.05) is 43.5 Å². The second-order valence-electron chi connectivity index (χ2n) is 6.45. The van der Waals surface area contributed by atoms with Gasteiger partial charge in [0.2, 0.25) is 0 Å². The number of aromatic nitrogens is 1. The minimum atomic E-state index is -0.262. The third-order valence-corrected chi connectivity index (χ3v) is 5.34. The fraction of sp³-hybridized carbons (Fsp3) is 0.400. The quantitative estimate of drug-likeness (QED) is 0.712. The zero-order valence-electron chi connectivity index (χ0n) is 15.6. The molecule has 0 spiro atoms. The van der Waals surface area contributed by atoms with E-state index in [1.54, 1.807) is 12.0 Å². The first-order chi connectivity index (χ1) is 13.1. The number of benzene rings is 1. The molecular weight excluding hydrogens is 410 g/mol. The van der Waals surface area contributed by atoms with Gasteiger partial charge >= 0.3 is 6.09 Å². The topological polar surface area (TPSA) is 54.9 Å². The van der Waals surface area contributed by atoms with E-state index in [2.05, 4.69) is 31.9 Å². The third kappa shape index (κ3) is 4.99. The van der Waals surface area contributed by atoms with Gasteiger partial charge in [0.05, 0.1) is 23.7 Å². The van der Waals surface area contributed by atoms with Crippen molar-refractivity contribution in [2.75, 3.05) is 38.2 Å². The second-order valence-corrected chi connectivity index (χ2v) is 7.31. The number of ether oxygens (including phenoxy) is 2. The summed E-state index contributed by atoms with van der Waals surface area (Å²) in [6, 6.07) is 11.8. The van der Waals surface area contributed by atoms with Crippen LogP contribution in [0.15, 0.2) is 47.1 Å². The van der Waals surface area contributed by atoms with Gasteiger partial charge in [0.25, 0.3) is 0 Å². The van der Waals surface area contributed by atoms with Crippen molar-refractivity contribution < 1.29 is 14.3 Å². The van der Waals surface area contributed by atoms with Gasteiger partial charge in [0, 0.05) is 37.8 Å². The predicted octanol–water partition coefficient (Wildman–Crippen LogP) is 4.01. The average molecular weight is 434 g/mol. The Labute approximate surface area is 168 Å². The van der Waals surface area contributed by atoms with Crippen LogP contribution in [0.1, 0.15) is 24.3 Å². The maximum atomic E-state index is 12.3. The van der Waals surface area contributed by atoms with E-state index >= 15 is 0 Å². The Hall–Kier alpha value is -2.12. The molecule has 1 aliphatic heterocycles. The molecule has 7 heteroatoms. The van der Waals surface area contributed by atoms with Crippen molar-refractivity contribution in [1.29, 1.82) is 0 Å². The highest BCUT2D eigenvalue weighted by Crippen LogP contribution is 2.28. The van der Waals surface area contributed by atoms with E-state index in [0.717, 1.165) is 34.5 Å². The molecule has 3 rings (SSSR count). The van der Waals surface area contributed by atoms with Crippen LogP contribution in [-0.2, 0) is 16.1 Å². The number of nitrogens with zero attached hydrogens (tertiary/aromatic N) is 3. The number of carbonyl (C=O) groups excluding carboxylic acids is 1. The van der Waals surface area contributed by atoms with Crippen molar-refractivity contribution in [3.63, 3.8) is 0 Å². The first-order valence-corrected chi connectivity index (χ1v) is 9.76. The average Bonchev–Trinajstić information content (AvgIpc) is 2.72. The lowest BCUT2D eigenvalue weighted by molar-refractivity contribution is 0.0941. The van der Waals surface area contributed by atoms with Crippen LogP contribution in [0.2, 0.25) is 0 Å². The number of carbonyl (C=O) groups is 1. The minimum absolute atomic E-state index is 0.0651. The van der Waals surface area contributed by atoms with E-state index in [0.29, 0.717) is 19.7 Å². The van der Waals surface area contributed by atoms with E-state index in [4.69, 9.17) is 9.47 Å². The Bertz CT molecular complexity index is 764. The summed E-state index contributed by atoms with van der Waals surface area (Å²) in [5.74, 6) is 0. The van der Waals surface area contributed by atoms with Gasteiger partial charge in [-0.2, -0.15) is 0 Å². The number of rotatable bonds is 5. The van der Waals surface area contributed by atoms with Crippen LogP contribution in [0, 0.1) is 0 Å². The van der Waals surface area contributed by atoms with Crippen molar-refractivity contribution in [2.45, 2.75) is 19.6 Å². The van der Waals surface area contributed by atoms with Gasteiger partial charge in [-0.05, 0) is 34.5 Å². The molecule has 0 radical (unpaired) electrons. The minimum Gasteiger partial charge on any atom is -0.445 e. The summed E-state index contributed by atoms with van der Waals surface area (Å²) >= 11 is 3.58. The van der Waals surface area contributed by atoms with Gasteiger partial charge in [-0.1, -0.05) is 30.3 Å². The monoisotopic (exact) mass is 433 g/mol. The number of halogens is 1. The van der Waals surface area contributed by atoms with Crippen molar-refractivity contribution in [3.05, 3.63) is 58.3 Å². The maximum Gasteiger partial charge on any atom is 0.410 e. The molecule has 1 unspecified atom stereocenters. The van der Waals surface area contributed by atoms with Crippen LogP contribution in [-0.4, -0.2) is 49.3 Å². The summed E-state index contributed by atoms with van der Waals surface area (Å²) in [5.41, 5.74) is 2.90. The Morgan fingerprint density at radius 3 is 2.56 bits per heavy atom. The molecule has 0 bridgehead atoms. The molecule has 0 N–H and O–H groups in total. The van der Waals surface area contributed by atoms with Crippen LogP contribution in [0.25, 0.3) is 0 Å². The highest BCUT2D eigenvalue weighted by molar-refractivity contribution is 9.10. The molecule has 2 heterocycles. The molecular formula is C20H24BrN3O3. The molecule has 1 aliphatic rings. The molecule has 1 atom stereocenters. The van der Waals surface area contributed by atoms with Crippen molar-refractivity contribution in [1.82, 2.24) is 9.88 Å². The second kappa shape index (κ2) is 9.19. The van der Waals surface area contributed by atoms with Gasteiger partial charge in [0.1, 0.15) is 6.61 Å². The lowest BCUT2D eigenvalue weighted by Gasteiger charge is -2.35. The van der Waals surface area contributed by atoms with Crippen LogP contribution in [0.4, 0.5) is 10.5 Å². The molecule has 2 aromatic rings. The predicted molar refractivity (Wildman–Crippen MR) is 108 cm³/mol. The number of amides is 1. The zero-order chi connectivity index (χ0) is 19.2. The number of hydrogen-bond acceptors (Lipinski definition) is 5. The Morgan fingerprint density at radius 2 is 1.93 bits per heavy atom. The summed E-state index contributed by atoms with van der Waals surface area (Å²) in [4.78, 5) is 20.8. The molecule has 1 amide bonds. The highest BCUT2D eigenvalue weighted by Gasteiger charge is 2.23. The van der Waals surface area contributed by atoms with E-state index < -0.39 is 0 Å². The third-order valence-electron chi connectivity index (χ3n) is 4.70. The summed E-state index contributed by atoms with van der Waals surface area (Å²) < 4.78 is 11.7. The first-order valence-electron chi connectivity index (χ1n) is 8.97. The summed E-state index contributed by atoms with van der Waals surface area (Å²) in [6.07, 6.45) is 1.53. The van der Waals surface area contributed by atoms with Gasteiger partial charge < -0.3 is 19.3 Å². The van der Waals surface area contributed by atoms with Crippen molar-refractivity contribution >= 4 is 27.7 Å². The standard InChI is InChI=1S/C20H24BrN3O3/c1-15(26-2)19-18(21)12-17(13-22-19)23-8-10-24(11-9-23)20(25)27-14-16-6-4-3-5-7-16/h3-7,12-13,15H,8-11,14H2,1-2H3. The summed E-state index contributed by atoms with van der Waals surface area (Å²) in [5, 5.41) is 0. The van der Waals surface area contributed by atoms with Crippen LogP contribution in [0.5, 0.6) is 0 Å². The normalized spacial score (nSPS) is 15.5. The van der Waals surface area contributed by atoms with Gasteiger partial charge in [-0.3, -0.25) is 4.98 Å². The molecule has 0 aliphatic carbocycles. The number of piperazine rings is 1. The van der Waals surface area contributed by atoms with E-state index in [1.165, 1.54) is 0 Å². The van der Waals surface area contributed by atoms with Crippen LogP contribution >= 0.6 is 15.9 Å². The van der Waals surface area contributed by atoms with Gasteiger partial charge in [-0.15, -0.1) is 0 Å². The van der Waals surface area contributed by atoms with Crippen LogP contribution in [0.3, 0.4) is 0 Å². The molecule has 1 aromatic heterocycles. The Kier molecular flexibility index (Phi) is 6.68. The molecule has 27 heavy (non-hydrogen) atoms. The van der Waals surface area contributed by atoms with Crippen LogP contribution < -0.4 is 4.90 Å². The fourth-order valence-electron chi connectivity index (χ4n) is 2.98. The van der Waals surface area contributed by atoms with E-state index in [-0.39, 0.29) is 12.2 Å². The molecule has 1 aromatic carbocycles. The number of methoxy groups -OCH3 is 1. The Balaban J connectivity index is 1.52. The maximum absolute atomic E-state index is 12.3. The number of anilines is 1. The lowest BCUT2D eigenvalue weighted by Crippen LogP contribution is -2.49. The molecule has 144 valence electrons. The molecule has 6 nitrogen and oxygen atoms in total. The number of pyridine rings is 1. The smallest absolute Gasteiger partial charge is 0.410 e. The van der Waals surface area contributed by atoms with Crippen molar-refractivity contribution in [3.8, 4) is 0 Å². The largest absolute Gasteiger partial charge is 0.445 e. The molecule has 0 saturated carbocycles. The number of hydrogen-bond donors (Lipinski definition) is 0. The lowest BCUT2D eigenvalue weighted by atomic mass is 10.2. The van der Waals surface area contributed by atoms with Crippen molar-refractivity contribution in [2.24, 2.45) is 0 Å². The fourth-order valence-corrected chi connectivity index (χ4v) is 3.64. The SMILES string of the molecule is COC(C)c1ncc(N2CCN(C(=O)OCc3ccccc3)CC2)cc1Br. The first kappa shape index (κ1) is 19.6. The molecule has 1 fully saturated rings. The Morgan fingerprint density at radius 1 is 1.22 bits per heavy atom. The zero-order valence-corrected chi connectivity index (χ0v) is 17.2.